The fraction of sp³-hybridized carbons (Fsp3) is 0.364. The predicted octanol–water partition coefficient (Wildman–Crippen LogP) is 2.88. The van der Waals surface area contributed by atoms with Crippen molar-refractivity contribution in [3.63, 3.8) is 0 Å². The highest BCUT2D eigenvalue weighted by molar-refractivity contribution is 6.32. The Morgan fingerprint density at radius 3 is 2.62 bits per heavy atom. The van der Waals surface area contributed by atoms with E-state index in [9.17, 15) is 4.79 Å². The zero-order valence-corrected chi connectivity index (χ0v) is 10.3. The van der Waals surface area contributed by atoms with E-state index in [0.29, 0.717) is 16.5 Å². The average Bonchev–Trinajstić information content (AvgIpc) is 2.16. The number of ether oxygens (including phenoxy) is 1. The number of carbonyl (C=O) groups excluding carboxylic acids is 1. The zero-order chi connectivity index (χ0) is 12.1. The van der Waals surface area contributed by atoms with Gasteiger partial charge in [0.25, 0.3) is 0 Å². The lowest BCUT2D eigenvalue weighted by Gasteiger charge is -2.11. The van der Waals surface area contributed by atoms with E-state index < -0.39 is 0 Å². The SMILES string of the molecule is COc1ccc(NC(=O)NC(C)C)cc1Cl. The maximum Gasteiger partial charge on any atom is 0.319 e. The van der Waals surface area contributed by atoms with Crippen molar-refractivity contribution >= 4 is 23.3 Å². The van der Waals surface area contributed by atoms with Crippen LogP contribution in [0, 0.1) is 0 Å². The number of halogens is 1. The summed E-state index contributed by atoms with van der Waals surface area (Å²) in [5, 5.41) is 5.85. The minimum Gasteiger partial charge on any atom is -0.495 e. The highest BCUT2D eigenvalue weighted by atomic mass is 35.5. The molecule has 0 spiro atoms. The quantitative estimate of drug-likeness (QED) is 0.856. The minimum absolute atomic E-state index is 0.0914. The number of hydrogen-bond donors (Lipinski definition) is 2. The first kappa shape index (κ1) is 12.6. The predicted molar refractivity (Wildman–Crippen MR) is 65.3 cm³/mol. The molecule has 0 aromatic heterocycles. The van der Waals surface area contributed by atoms with Gasteiger partial charge in [0.05, 0.1) is 12.1 Å². The number of rotatable bonds is 3. The van der Waals surface area contributed by atoms with Gasteiger partial charge in [-0.3, -0.25) is 0 Å². The molecule has 2 amide bonds. The van der Waals surface area contributed by atoms with Crippen LogP contribution in [-0.4, -0.2) is 19.2 Å². The molecule has 0 radical (unpaired) electrons. The number of urea groups is 1. The Labute approximate surface area is 99.9 Å². The maximum atomic E-state index is 11.4. The average molecular weight is 243 g/mol. The molecule has 1 aromatic rings. The van der Waals surface area contributed by atoms with Gasteiger partial charge in [0, 0.05) is 11.7 Å². The van der Waals surface area contributed by atoms with Crippen molar-refractivity contribution in [2.75, 3.05) is 12.4 Å². The third-order valence-electron chi connectivity index (χ3n) is 1.83. The molecule has 0 bridgehead atoms. The van der Waals surface area contributed by atoms with Crippen molar-refractivity contribution in [2.45, 2.75) is 19.9 Å². The first-order valence-corrected chi connectivity index (χ1v) is 5.31. The molecule has 0 saturated carbocycles. The van der Waals surface area contributed by atoms with Gasteiger partial charge >= 0.3 is 6.03 Å². The Hall–Kier alpha value is -1.42. The summed E-state index contributed by atoms with van der Waals surface area (Å²) in [4.78, 5) is 11.4. The molecule has 0 aliphatic heterocycles. The van der Waals surface area contributed by atoms with E-state index in [2.05, 4.69) is 10.6 Å². The van der Waals surface area contributed by atoms with Gasteiger partial charge in [-0.15, -0.1) is 0 Å². The van der Waals surface area contributed by atoms with Crippen molar-refractivity contribution in [2.24, 2.45) is 0 Å². The normalized spacial score (nSPS) is 10.1. The molecule has 16 heavy (non-hydrogen) atoms. The van der Waals surface area contributed by atoms with Crippen molar-refractivity contribution in [3.05, 3.63) is 23.2 Å². The molecule has 0 unspecified atom stereocenters. The van der Waals surface area contributed by atoms with Crippen LogP contribution in [0.5, 0.6) is 5.75 Å². The fourth-order valence-corrected chi connectivity index (χ4v) is 1.43. The van der Waals surface area contributed by atoms with Gasteiger partial charge in [0.1, 0.15) is 5.75 Å². The monoisotopic (exact) mass is 242 g/mol. The first-order chi connectivity index (χ1) is 7.52. The molecule has 0 aliphatic rings. The first-order valence-electron chi connectivity index (χ1n) is 4.94. The van der Waals surface area contributed by atoms with Gasteiger partial charge in [-0.25, -0.2) is 4.79 Å². The highest BCUT2D eigenvalue weighted by Crippen LogP contribution is 2.27. The van der Waals surface area contributed by atoms with Crippen LogP contribution in [0.25, 0.3) is 0 Å². The van der Waals surface area contributed by atoms with Gasteiger partial charge in [-0.2, -0.15) is 0 Å². The fourth-order valence-electron chi connectivity index (χ4n) is 1.17. The number of amides is 2. The van der Waals surface area contributed by atoms with Gasteiger partial charge in [-0.1, -0.05) is 11.6 Å². The topological polar surface area (TPSA) is 50.4 Å². The molecule has 0 aliphatic carbocycles. The standard InChI is InChI=1S/C11H15ClN2O2/c1-7(2)13-11(15)14-8-4-5-10(16-3)9(12)6-8/h4-7H,1-3H3,(H2,13,14,15). The van der Waals surface area contributed by atoms with Gasteiger partial charge in [0.15, 0.2) is 0 Å². The van der Waals surface area contributed by atoms with E-state index >= 15 is 0 Å². The van der Waals surface area contributed by atoms with E-state index in [0.717, 1.165) is 0 Å². The molecule has 0 heterocycles. The summed E-state index contributed by atoms with van der Waals surface area (Å²) < 4.78 is 5.01. The van der Waals surface area contributed by atoms with Gasteiger partial charge in [-0.05, 0) is 32.0 Å². The lowest BCUT2D eigenvalue weighted by Crippen LogP contribution is -2.34. The zero-order valence-electron chi connectivity index (χ0n) is 9.50. The van der Waals surface area contributed by atoms with Gasteiger partial charge < -0.3 is 15.4 Å². The van der Waals surface area contributed by atoms with Crippen molar-refractivity contribution in [3.8, 4) is 5.75 Å². The van der Waals surface area contributed by atoms with Crippen LogP contribution in [0.1, 0.15) is 13.8 Å². The Morgan fingerprint density at radius 1 is 1.44 bits per heavy atom. The van der Waals surface area contributed by atoms with E-state index in [1.54, 1.807) is 25.3 Å². The third kappa shape index (κ3) is 3.62. The Kier molecular flexibility index (Phi) is 4.43. The van der Waals surface area contributed by atoms with Crippen LogP contribution in [-0.2, 0) is 0 Å². The third-order valence-corrected chi connectivity index (χ3v) is 2.12. The second kappa shape index (κ2) is 5.61. The molecule has 1 rings (SSSR count). The molecule has 0 atom stereocenters. The Balaban J connectivity index is 2.68. The molecular formula is C11H15ClN2O2. The molecule has 1 aromatic carbocycles. The second-order valence-corrected chi connectivity index (χ2v) is 4.01. The summed E-state index contributed by atoms with van der Waals surface area (Å²) in [5.74, 6) is 0.580. The van der Waals surface area contributed by atoms with Crippen molar-refractivity contribution in [1.82, 2.24) is 5.32 Å². The molecule has 2 N–H and O–H groups in total. The minimum atomic E-state index is -0.253. The Bertz CT molecular complexity index is 380. The van der Waals surface area contributed by atoms with E-state index in [-0.39, 0.29) is 12.1 Å². The molecule has 0 fully saturated rings. The number of anilines is 1. The van der Waals surface area contributed by atoms with Crippen LogP contribution >= 0.6 is 11.6 Å². The number of carbonyl (C=O) groups is 1. The van der Waals surface area contributed by atoms with E-state index in [1.807, 2.05) is 13.8 Å². The summed E-state index contributed by atoms with van der Waals surface area (Å²) >= 11 is 5.92. The van der Waals surface area contributed by atoms with E-state index in [1.165, 1.54) is 0 Å². The number of benzene rings is 1. The summed E-state index contributed by atoms with van der Waals surface area (Å²) in [5.41, 5.74) is 0.629. The van der Waals surface area contributed by atoms with Crippen molar-refractivity contribution in [1.29, 1.82) is 0 Å². The van der Waals surface area contributed by atoms with Crippen LogP contribution in [0.3, 0.4) is 0 Å². The molecule has 88 valence electrons. The molecule has 0 saturated heterocycles. The lowest BCUT2D eigenvalue weighted by molar-refractivity contribution is 0.250. The maximum absolute atomic E-state index is 11.4. The molecular weight excluding hydrogens is 228 g/mol. The number of nitrogens with one attached hydrogen (secondary N) is 2. The lowest BCUT2D eigenvalue weighted by atomic mass is 10.3. The second-order valence-electron chi connectivity index (χ2n) is 3.60. The largest absolute Gasteiger partial charge is 0.495 e. The molecule has 4 nitrogen and oxygen atoms in total. The van der Waals surface area contributed by atoms with Crippen LogP contribution < -0.4 is 15.4 Å². The summed E-state index contributed by atoms with van der Waals surface area (Å²) in [6.07, 6.45) is 0. The van der Waals surface area contributed by atoms with Crippen molar-refractivity contribution < 1.29 is 9.53 Å². The summed E-state index contributed by atoms with van der Waals surface area (Å²) in [6, 6.07) is 4.91. The van der Waals surface area contributed by atoms with Crippen LogP contribution in [0.2, 0.25) is 5.02 Å². The summed E-state index contributed by atoms with van der Waals surface area (Å²) in [6.45, 7) is 3.78. The number of methoxy groups -OCH3 is 1. The van der Waals surface area contributed by atoms with Crippen LogP contribution in [0.4, 0.5) is 10.5 Å². The van der Waals surface area contributed by atoms with E-state index in [4.69, 9.17) is 16.3 Å². The summed E-state index contributed by atoms with van der Waals surface area (Å²) in [7, 11) is 1.54. The molecule has 5 heteroatoms. The number of hydrogen-bond acceptors (Lipinski definition) is 2. The van der Waals surface area contributed by atoms with Gasteiger partial charge in [0.2, 0.25) is 0 Å². The smallest absolute Gasteiger partial charge is 0.319 e. The Morgan fingerprint density at radius 2 is 2.12 bits per heavy atom. The van der Waals surface area contributed by atoms with Crippen LogP contribution in [0.15, 0.2) is 18.2 Å². The highest BCUT2D eigenvalue weighted by Gasteiger charge is 2.05.